The van der Waals surface area contributed by atoms with Crippen LogP contribution in [0.1, 0.15) is 50.8 Å². The second kappa shape index (κ2) is 7.29. The van der Waals surface area contributed by atoms with E-state index in [0.717, 1.165) is 6.42 Å². The zero-order chi connectivity index (χ0) is 14.4. The van der Waals surface area contributed by atoms with E-state index in [0.29, 0.717) is 18.6 Å². The van der Waals surface area contributed by atoms with E-state index in [1.54, 1.807) is 0 Å². The van der Waals surface area contributed by atoms with E-state index in [9.17, 15) is 4.79 Å². The topological polar surface area (TPSA) is 40.5 Å². The normalized spacial score (nSPS) is 12.9. The molecule has 0 fully saturated rings. The van der Waals surface area contributed by atoms with Crippen molar-refractivity contribution in [3.05, 3.63) is 35.4 Å². The Labute approximate surface area is 116 Å². The highest BCUT2D eigenvalue weighted by atomic mass is 16.4. The predicted octanol–water partition coefficient (Wildman–Crippen LogP) is 3.63. The Balaban J connectivity index is 2.89. The summed E-state index contributed by atoms with van der Waals surface area (Å²) >= 11 is 0. The number of aryl methyl sites for hydroxylation is 1. The van der Waals surface area contributed by atoms with Gasteiger partial charge in [0, 0.05) is 18.6 Å². The van der Waals surface area contributed by atoms with Crippen LogP contribution in [0.3, 0.4) is 0 Å². The molecule has 0 saturated carbocycles. The standard InChI is InChI=1S/C16H25NO2/c1-5-15(14-8-6-13(4)7-9-14)17(12(2)3)11-10-16(18)19/h6-9,12,15H,5,10-11H2,1-4H3,(H,18,19). The average Bonchev–Trinajstić information content (AvgIpc) is 2.35. The van der Waals surface area contributed by atoms with E-state index in [-0.39, 0.29) is 6.42 Å². The van der Waals surface area contributed by atoms with Crippen molar-refractivity contribution in [1.29, 1.82) is 0 Å². The molecule has 3 heteroatoms. The molecule has 0 aliphatic heterocycles. The van der Waals surface area contributed by atoms with Gasteiger partial charge >= 0.3 is 5.97 Å². The van der Waals surface area contributed by atoms with Crippen molar-refractivity contribution in [2.24, 2.45) is 0 Å². The monoisotopic (exact) mass is 263 g/mol. The maximum absolute atomic E-state index is 10.8. The average molecular weight is 263 g/mol. The van der Waals surface area contributed by atoms with Crippen LogP contribution in [0.2, 0.25) is 0 Å². The van der Waals surface area contributed by atoms with Crippen molar-refractivity contribution in [3.8, 4) is 0 Å². The number of aliphatic carboxylic acids is 1. The molecule has 1 rings (SSSR count). The first-order chi connectivity index (χ1) is 8.95. The van der Waals surface area contributed by atoms with E-state index in [1.807, 2.05) is 0 Å². The van der Waals surface area contributed by atoms with Crippen molar-refractivity contribution in [3.63, 3.8) is 0 Å². The number of benzene rings is 1. The number of carbonyl (C=O) groups is 1. The Morgan fingerprint density at radius 2 is 1.84 bits per heavy atom. The van der Waals surface area contributed by atoms with Crippen LogP contribution in [0.5, 0.6) is 0 Å². The van der Waals surface area contributed by atoms with Gasteiger partial charge in [-0.3, -0.25) is 9.69 Å². The lowest BCUT2D eigenvalue weighted by Gasteiger charge is -2.34. The molecule has 0 radical (unpaired) electrons. The first kappa shape index (κ1) is 15.7. The number of carboxylic acids is 1. The van der Waals surface area contributed by atoms with Gasteiger partial charge < -0.3 is 5.11 Å². The van der Waals surface area contributed by atoms with E-state index >= 15 is 0 Å². The van der Waals surface area contributed by atoms with Gasteiger partial charge in [0.25, 0.3) is 0 Å². The van der Waals surface area contributed by atoms with Gasteiger partial charge in [-0.15, -0.1) is 0 Å². The Bertz CT molecular complexity index is 398. The summed E-state index contributed by atoms with van der Waals surface area (Å²) in [5, 5.41) is 8.88. The second-order valence-corrected chi connectivity index (χ2v) is 5.31. The molecular formula is C16H25NO2. The van der Waals surface area contributed by atoms with Gasteiger partial charge in [-0.05, 0) is 32.8 Å². The fourth-order valence-corrected chi connectivity index (χ4v) is 2.45. The molecule has 19 heavy (non-hydrogen) atoms. The van der Waals surface area contributed by atoms with Gasteiger partial charge in [0.1, 0.15) is 0 Å². The van der Waals surface area contributed by atoms with Gasteiger partial charge in [-0.2, -0.15) is 0 Å². The van der Waals surface area contributed by atoms with Crippen LogP contribution in [-0.2, 0) is 4.79 Å². The molecule has 3 nitrogen and oxygen atoms in total. The maximum atomic E-state index is 10.8. The van der Waals surface area contributed by atoms with Crippen LogP contribution in [0, 0.1) is 6.92 Å². The summed E-state index contributed by atoms with van der Waals surface area (Å²) < 4.78 is 0. The van der Waals surface area contributed by atoms with E-state index < -0.39 is 5.97 Å². The summed E-state index contributed by atoms with van der Waals surface area (Å²) in [6, 6.07) is 9.17. The molecule has 0 heterocycles. The maximum Gasteiger partial charge on any atom is 0.304 e. The number of hydrogen-bond acceptors (Lipinski definition) is 2. The molecule has 106 valence electrons. The molecular weight excluding hydrogens is 238 g/mol. The van der Waals surface area contributed by atoms with Crippen LogP contribution >= 0.6 is 0 Å². The fourth-order valence-electron chi connectivity index (χ4n) is 2.45. The first-order valence-electron chi connectivity index (χ1n) is 6.99. The largest absolute Gasteiger partial charge is 0.481 e. The Morgan fingerprint density at radius 3 is 2.26 bits per heavy atom. The second-order valence-electron chi connectivity index (χ2n) is 5.31. The fraction of sp³-hybridized carbons (Fsp3) is 0.562. The third kappa shape index (κ3) is 4.67. The number of hydrogen-bond donors (Lipinski definition) is 1. The van der Waals surface area contributed by atoms with Crippen LogP contribution in [-0.4, -0.2) is 28.6 Å². The third-order valence-corrected chi connectivity index (χ3v) is 3.50. The van der Waals surface area contributed by atoms with Gasteiger partial charge in [0.2, 0.25) is 0 Å². The molecule has 1 unspecified atom stereocenters. The summed E-state index contributed by atoms with van der Waals surface area (Å²) in [7, 11) is 0. The molecule has 1 atom stereocenters. The molecule has 0 bridgehead atoms. The Kier molecular flexibility index (Phi) is 6.03. The Hall–Kier alpha value is -1.35. The molecule has 1 aromatic rings. The van der Waals surface area contributed by atoms with E-state index in [1.165, 1.54) is 11.1 Å². The minimum atomic E-state index is -0.732. The van der Waals surface area contributed by atoms with Crippen molar-refractivity contribution < 1.29 is 9.90 Å². The van der Waals surface area contributed by atoms with Crippen molar-refractivity contribution in [2.75, 3.05) is 6.54 Å². The van der Waals surface area contributed by atoms with Crippen molar-refractivity contribution in [2.45, 2.75) is 52.6 Å². The highest BCUT2D eigenvalue weighted by Gasteiger charge is 2.21. The summed E-state index contributed by atoms with van der Waals surface area (Å²) in [6.45, 7) is 9.08. The third-order valence-electron chi connectivity index (χ3n) is 3.50. The van der Waals surface area contributed by atoms with Gasteiger partial charge in [0.15, 0.2) is 0 Å². The zero-order valence-electron chi connectivity index (χ0n) is 12.4. The number of rotatable bonds is 7. The molecule has 0 saturated heterocycles. The molecule has 0 aromatic heterocycles. The highest BCUT2D eigenvalue weighted by molar-refractivity contribution is 5.66. The minimum Gasteiger partial charge on any atom is -0.481 e. The molecule has 1 aromatic carbocycles. The van der Waals surface area contributed by atoms with Gasteiger partial charge in [-0.1, -0.05) is 36.8 Å². The first-order valence-corrected chi connectivity index (χ1v) is 6.99. The quantitative estimate of drug-likeness (QED) is 0.816. The summed E-state index contributed by atoms with van der Waals surface area (Å²) in [5.41, 5.74) is 2.52. The summed E-state index contributed by atoms with van der Waals surface area (Å²) in [4.78, 5) is 13.1. The smallest absolute Gasteiger partial charge is 0.304 e. The highest BCUT2D eigenvalue weighted by Crippen LogP contribution is 2.26. The van der Waals surface area contributed by atoms with E-state index in [2.05, 4.69) is 56.9 Å². The SMILES string of the molecule is CCC(c1ccc(C)cc1)N(CCC(=O)O)C(C)C. The minimum absolute atomic E-state index is 0.195. The number of nitrogens with zero attached hydrogens (tertiary/aromatic N) is 1. The summed E-state index contributed by atoms with van der Waals surface area (Å²) in [6.07, 6.45) is 1.18. The molecule has 0 aliphatic carbocycles. The van der Waals surface area contributed by atoms with Crippen molar-refractivity contribution in [1.82, 2.24) is 4.90 Å². The molecule has 0 aliphatic rings. The van der Waals surface area contributed by atoms with Crippen LogP contribution in [0.15, 0.2) is 24.3 Å². The Morgan fingerprint density at radius 1 is 1.26 bits per heavy atom. The molecule has 1 N–H and O–H groups in total. The zero-order valence-corrected chi connectivity index (χ0v) is 12.4. The van der Waals surface area contributed by atoms with Gasteiger partial charge in [0.05, 0.1) is 6.42 Å². The van der Waals surface area contributed by atoms with E-state index in [4.69, 9.17) is 5.11 Å². The van der Waals surface area contributed by atoms with Crippen LogP contribution < -0.4 is 0 Å². The molecule has 0 spiro atoms. The predicted molar refractivity (Wildman–Crippen MR) is 78.3 cm³/mol. The van der Waals surface area contributed by atoms with Crippen LogP contribution in [0.25, 0.3) is 0 Å². The lowest BCUT2D eigenvalue weighted by atomic mass is 10.00. The van der Waals surface area contributed by atoms with Crippen molar-refractivity contribution >= 4 is 5.97 Å². The lowest BCUT2D eigenvalue weighted by Crippen LogP contribution is -2.36. The van der Waals surface area contributed by atoms with Crippen LogP contribution in [0.4, 0.5) is 0 Å². The summed E-state index contributed by atoms with van der Waals surface area (Å²) in [5.74, 6) is -0.732. The molecule has 0 amide bonds. The van der Waals surface area contributed by atoms with Gasteiger partial charge in [-0.25, -0.2) is 0 Å². The number of carboxylic acid groups (broad SMARTS) is 1. The lowest BCUT2D eigenvalue weighted by molar-refractivity contribution is -0.137.